The molecule has 5 rings (SSSR count). The van der Waals surface area contributed by atoms with Crippen LogP contribution in [0.4, 0.5) is 0 Å². The standard InChI is InChI=1S/C32H33NO4/c1-20-16-28(36-5)31-25(12-9-13-27(31)35-4)29(20)26-15-14-24-17-21(2)33(19-34)22(3)30(24)32(26)37-18-23-10-7-6-8-11-23/h6-16,19,21-22H,17-18H2,1-5H3/t21-,22-/m1/s1. The Balaban J connectivity index is 1.78. The van der Waals surface area contributed by atoms with Gasteiger partial charge in [0.25, 0.3) is 0 Å². The van der Waals surface area contributed by atoms with E-state index in [0.29, 0.717) is 6.61 Å². The van der Waals surface area contributed by atoms with Crippen LogP contribution in [0.1, 0.15) is 42.1 Å². The molecule has 37 heavy (non-hydrogen) atoms. The van der Waals surface area contributed by atoms with E-state index in [1.54, 1.807) is 14.2 Å². The van der Waals surface area contributed by atoms with Crippen LogP contribution in [0, 0.1) is 6.92 Å². The number of hydrogen-bond acceptors (Lipinski definition) is 4. The average Bonchev–Trinajstić information content (AvgIpc) is 2.91. The normalized spacial score (nSPS) is 16.8. The molecule has 0 N–H and O–H groups in total. The number of amides is 1. The quantitative estimate of drug-likeness (QED) is 0.262. The summed E-state index contributed by atoms with van der Waals surface area (Å²) in [5.74, 6) is 2.35. The molecular formula is C32H33NO4. The van der Waals surface area contributed by atoms with Gasteiger partial charge in [0.2, 0.25) is 6.41 Å². The van der Waals surface area contributed by atoms with Gasteiger partial charge in [-0.15, -0.1) is 0 Å². The first-order valence-corrected chi connectivity index (χ1v) is 12.7. The van der Waals surface area contributed by atoms with E-state index in [0.717, 1.165) is 68.7 Å². The molecule has 0 saturated carbocycles. The molecule has 1 heterocycles. The van der Waals surface area contributed by atoms with Crippen molar-refractivity contribution in [2.24, 2.45) is 0 Å². The molecule has 1 aliphatic rings. The van der Waals surface area contributed by atoms with Crippen molar-refractivity contribution in [3.63, 3.8) is 0 Å². The van der Waals surface area contributed by atoms with Crippen LogP contribution in [0.15, 0.2) is 66.7 Å². The van der Waals surface area contributed by atoms with Crippen LogP contribution in [0.3, 0.4) is 0 Å². The molecule has 0 aromatic heterocycles. The molecule has 5 nitrogen and oxygen atoms in total. The van der Waals surface area contributed by atoms with Crippen molar-refractivity contribution < 1.29 is 19.0 Å². The summed E-state index contributed by atoms with van der Waals surface area (Å²) in [6.07, 6.45) is 1.75. The third kappa shape index (κ3) is 4.29. The summed E-state index contributed by atoms with van der Waals surface area (Å²) in [5.41, 5.74) is 6.53. The SMILES string of the molecule is COc1cccc2c(-c3ccc4c(c3OCc3ccccc3)[C@@H](C)N(C=O)[C@H](C)C4)c(C)cc(OC)c12. The molecule has 0 aliphatic carbocycles. The second-order valence-electron chi connectivity index (χ2n) is 9.72. The number of ether oxygens (including phenoxy) is 3. The molecule has 1 amide bonds. The van der Waals surface area contributed by atoms with Gasteiger partial charge in [-0.1, -0.05) is 54.6 Å². The van der Waals surface area contributed by atoms with Crippen molar-refractivity contribution in [2.45, 2.75) is 45.9 Å². The lowest BCUT2D eigenvalue weighted by atomic mass is 9.84. The lowest BCUT2D eigenvalue weighted by Gasteiger charge is -2.39. The van der Waals surface area contributed by atoms with Crippen molar-refractivity contribution in [3.05, 3.63) is 89.0 Å². The van der Waals surface area contributed by atoms with E-state index in [2.05, 4.69) is 57.2 Å². The highest BCUT2D eigenvalue weighted by molar-refractivity contribution is 6.06. The summed E-state index contributed by atoms with van der Waals surface area (Å²) in [7, 11) is 3.36. The molecule has 4 aromatic carbocycles. The average molecular weight is 496 g/mol. The van der Waals surface area contributed by atoms with Gasteiger partial charge in [0.05, 0.1) is 25.6 Å². The number of rotatable bonds is 7. The fourth-order valence-electron chi connectivity index (χ4n) is 5.74. The first-order chi connectivity index (χ1) is 18.0. The third-order valence-electron chi connectivity index (χ3n) is 7.52. The Morgan fingerprint density at radius 1 is 0.946 bits per heavy atom. The maximum atomic E-state index is 12.1. The van der Waals surface area contributed by atoms with Crippen molar-refractivity contribution in [3.8, 4) is 28.4 Å². The van der Waals surface area contributed by atoms with Crippen molar-refractivity contribution in [1.82, 2.24) is 4.90 Å². The van der Waals surface area contributed by atoms with Gasteiger partial charge in [-0.2, -0.15) is 0 Å². The molecule has 2 atom stereocenters. The second-order valence-corrected chi connectivity index (χ2v) is 9.72. The van der Waals surface area contributed by atoms with Crippen molar-refractivity contribution >= 4 is 17.2 Å². The van der Waals surface area contributed by atoms with Crippen LogP contribution in [0.5, 0.6) is 17.2 Å². The molecule has 0 bridgehead atoms. The fourth-order valence-corrected chi connectivity index (χ4v) is 5.74. The van der Waals surface area contributed by atoms with Crippen LogP contribution >= 0.6 is 0 Å². The topological polar surface area (TPSA) is 48.0 Å². The number of carbonyl (C=O) groups is 1. The molecule has 0 fully saturated rings. The summed E-state index contributed by atoms with van der Waals surface area (Å²) < 4.78 is 18.2. The number of benzene rings is 4. The highest BCUT2D eigenvalue weighted by Crippen LogP contribution is 2.48. The molecule has 4 aromatic rings. The van der Waals surface area contributed by atoms with Crippen LogP contribution in [-0.4, -0.2) is 31.6 Å². The minimum Gasteiger partial charge on any atom is -0.496 e. The lowest BCUT2D eigenvalue weighted by Crippen LogP contribution is -2.40. The van der Waals surface area contributed by atoms with E-state index < -0.39 is 0 Å². The lowest BCUT2D eigenvalue weighted by molar-refractivity contribution is -0.122. The summed E-state index contributed by atoms with van der Waals surface area (Å²) in [4.78, 5) is 14.0. The zero-order chi connectivity index (χ0) is 26.1. The zero-order valence-corrected chi connectivity index (χ0v) is 22.1. The Labute approximate surface area is 218 Å². The smallest absolute Gasteiger partial charge is 0.210 e. The van der Waals surface area contributed by atoms with E-state index >= 15 is 0 Å². The van der Waals surface area contributed by atoms with Crippen LogP contribution in [-0.2, 0) is 17.8 Å². The first-order valence-electron chi connectivity index (χ1n) is 12.7. The zero-order valence-electron chi connectivity index (χ0n) is 22.1. The van der Waals surface area contributed by atoms with Crippen molar-refractivity contribution in [2.75, 3.05) is 14.2 Å². The van der Waals surface area contributed by atoms with Gasteiger partial charge in [-0.05, 0) is 67.0 Å². The molecular weight excluding hydrogens is 462 g/mol. The number of hydrogen-bond donors (Lipinski definition) is 0. The number of fused-ring (bicyclic) bond motifs is 2. The van der Waals surface area contributed by atoms with Gasteiger partial charge < -0.3 is 19.1 Å². The summed E-state index contributed by atoms with van der Waals surface area (Å²) in [6, 6.07) is 22.7. The third-order valence-corrected chi connectivity index (χ3v) is 7.52. The number of aryl methyl sites for hydroxylation is 1. The molecule has 0 saturated heterocycles. The van der Waals surface area contributed by atoms with Crippen molar-refractivity contribution in [1.29, 1.82) is 0 Å². The van der Waals surface area contributed by atoms with Gasteiger partial charge in [-0.3, -0.25) is 4.79 Å². The van der Waals surface area contributed by atoms with Gasteiger partial charge in [0, 0.05) is 17.2 Å². The summed E-state index contributed by atoms with van der Waals surface area (Å²) in [6.45, 7) is 6.72. The highest BCUT2D eigenvalue weighted by Gasteiger charge is 2.33. The van der Waals surface area contributed by atoms with Gasteiger partial charge in [-0.25, -0.2) is 0 Å². The monoisotopic (exact) mass is 495 g/mol. The molecule has 0 unspecified atom stereocenters. The van der Waals surface area contributed by atoms with Gasteiger partial charge in [0.15, 0.2) is 0 Å². The number of methoxy groups -OCH3 is 2. The Morgan fingerprint density at radius 3 is 2.41 bits per heavy atom. The number of nitrogens with zero attached hydrogens (tertiary/aromatic N) is 1. The Morgan fingerprint density at radius 2 is 1.70 bits per heavy atom. The molecule has 5 heteroatoms. The van der Waals surface area contributed by atoms with Crippen LogP contribution in [0.2, 0.25) is 0 Å². The number of carbonyl (C=O) groups excluding carboxylic acids is 1. The maximum Gasteiger partial charge on any atom is 0.210 e. The predicted octanol–water partition coefficient (Wildman–Crippen LogP) is 6.88. The minimum atomic E-state index is -0.110. The van der Waals surface area contributed by atoms with E-state index in [-0.39, 0.29) is 12.1 Å². The van der Waals surface area contributed by atoms with E-state index in [4.69, 9.17) is 14.2 Å². The Bertz CT molecular complexity index is 1450. The Kier molecular flexibility index (Phi) is 6.79. The van der Waals surface area contributed by atoms with Gasteiger partial charge in [0.1, 0.15) is 23.9 Å². The fraction of sp³-hybridized carbons (Fsp3) is 0.281. The highest BCUT2D eigenvalue weighted by atomic mass is 16.5. The first kappa shape index (κ1) is 24.7. The minimum absolute atomic E-state index is 0.110. The predicted molar refractivity (Wildman–Crippen MR) is 147 cm³/mol. The maximum absolute atomic E-state index is 12.1. The van der Waals surface area contributed by atoms with Crippen LogP contribution < -0.4 is 14.2 Å². The van der Waals surface area contributed by atoms with Crippen LogP contribution in [0.25, 0.3) is 21.9 Å². The second kappa shape index (κ2) is 10.2. The van der Waals surface area contributed by atoms with Gasteiger partial charge >= 0.3 is 0 Å². The van der Waals surface area contributed by atoms with E-state index in [1.807, 2.05) is 35.2 Å². The van der Waals surface area contributed by atoms with E-state index in [9.17, 15) is 4.79 Å². The summed E-state index contributed by atoms with van der Waals surface area (Å²) >= 11 is 0. The van der Waals surface area contributed by atoms with E-state index in [1.165, 1.54) is 5.56 Å². The Hall–Kier alpha value is -3.99. The molecule has 190 valence electrons. The molecule has 1 aliphatic heterocycles. The largest absolute Gasteiger partial charge is 0.496 e. The molecule has 0 radical (unpaired) electrons. The molecule has 0 spiro atoms. The summed E-state index contributed by atoms with van der Waals surface area (Å²) in [5, 5.41) is 1.96.